The van der Waals surface area contributed by atoms with Crippen LogP contribution in [-0.4, -0.2) is 41.8 Å². The summed E-state index contributed by atoms with van der Waals surface area (Å²) in [5, 5.41) is 0. The maximum Gasteiger partial charge on any atom is 0.410 e. The number of nitrogens with zero attached hydrogens (tertiary/aromatic N) is 2. The van der Waals surface area contributed by atoms with Gasteiger partial charge in [-0.3, -0.25) is 0 Å². The van der Waals surface area contributed by atoms with Crippen molar-refractivity contribution in [2.45, 2.75) is 44.9 Å². The average Bonchev–Trinajstić information content (AvgIpc) is 2.97. The van der Waals surface area contributed by atoms with E-state index >= 15 is 0 Å². The predicted molar refractivity (Wildman–Crippen MR) is 83.3 cm³/mol. The summed E-state index contributed by atoms with van der Waals surface area (Å²) in [5.74, 6) is 0. The lowest BCUT2D eigenvalue weighted by Crippen LogP contribution is -2.50. The highest BCUT2D eigenvalue weighted by molar-refractivity contribution is 5.70. The van der Waals surface area contributed by atoms with Gasteiger partial charge in [-0.1, -0.05) is 0 Å². The van der Waals surface area contributed by atoms with Crippen molar-refractivity contribution in [3.8, 4) is 0 Å². The molecular weight excluding hydrogens is 266 g/mol. The molecule has 5 heteroatoms. The first-order valence-corrected chi connectivity index (χ1v) is 7.45. The van der Waals surface area contributed by atoms with E-state index in [9.17, 15) is 4.79 Å². The number of piperazine rings is 1. The highest BCUT2D eigenvalue weighted by atomic mass is 16.6. The molecule has 2 N–H and O–H groups in total. The zero-order chi connectivity index (χ0) is 15.2. The van der Waals surface area contributed by atoms with Gasteiger partial charge < -0.3 is 20.3 Å². The molecule has 0 aliphatic carbocycles. The Hall–Kier alpha value is -1.91. The molecule has 2 atom stereocenters. The van der Waals surface area contributed by atoms with Crippen LogP contribution in [-0.2, 0) is 4.74 Å². The number of hydrogen-bond donors (Lipinski definition) is 1. The van der Waals surface area contributed by atoms with Gasteiger partial charge in [-0.2, -0.15) is 0 Å². The van der Waals surface area contributed by atoms with Gasteiger partial charge in [-0.15, -0.1) is 0 Å². The van der Waals surface area contributed by atoms with Gasteiger partial charge in [0.2, 0.25) is 0 Å². The summed E-state index contributed by atoms with van der Waals surface area (Å²) in [5.41, 5.74) is 7.26. The minimum Gasteiger partial charge on any atom is -0.444 e. The molecule has 1 aromatic rings. The van der Waals surface area contributed by atoms with Gasteiger partial charge in [0, 0.05) is 30.5 Å². The lowest BCUT2D eigenvalue weighted by Gasteiger charge is -2.36. The van der Waals surface area contributed by atoms with Crippen molar-refractivity contribution in [2.24, 2.45) is 0 Å². The Labute approximate surface area is 125 Å². The zero-order valence-electron chi connectivity index (χ0n) is 12.9. The van der Waals surface area contributed by atoms with Crippen molar-refractivity contribution in [3.05, 3.63) is 24.3 Å². The first kappa shape index (κ1) is 14.0. The Balaban J connectivity index is 1.66. The van der Waals surface area contributed by atoms with E-state index in [1.54, 1.807) is 0 Å². The summed E-state index contributed by atoms with van der Waals surface area (Å²) in [6.45, 7) is 7.32. The molecule has 5 nitrogen and oxygen atoms in total. The molecule has 21 heavy (non-hydrogen) atoms. The summed E-state index contributed by atoms with van der Waals surface area (Å²) >= 11 is 0. The van der Waals surface area contributed by atoms with E-state index in [4.69, 9.17) is 10.5 Å². The number of likely N-dealkylation sites (tertiary alicyclic amines) is 1. The molecule has 2 aliphatic rings. The van der Waals surface area contributed by atoms with Crippen LogP contribution in [0.1, 0.15) is 27.2 Å². The molecule has 2 saturated heterocycles. The number of nitrogens with two attached hydrogens (primary N) is 1. The van der Waals surface area contributed by atoms with Crippen LogP contribution in [0.3, 0.4) is 0 Å². The molecule has 0 saturated carbocycles. The maximum atomic E-state index is 12.2. The number of ether oxygens (including phenoxy) is 1. The summed E-state index contributed by atoms with van der Waals surface area (Å²) in [6, 6.07) is 8.58. The lowest BCUT2D eigenvalue weighted by atomic mass is 10.2. The van der Waals surface area contributed by atoms with Crippen molar-refractivity contribution in [3.63, 3.8) is 0 Å². The SMILES string of the molecule is CC(C)(C)OC(=O)N1C[C@@H]2C[C@@H]1CN2c1ccc(N)cc1. The summed E-state index contributed by atoms with van der Waals surface area (Å²) in [4.78, 5) is 16.5. The van der Waals surface area contributed by atoms with Crippen molar-refractivity contribution in [1.29, 1.82) is 0 Å². The third-order valence-corrected chi connectivity index (χ3v) is 4.09. The van der Waals surface area contributed by atoms with Gasteiger partial charge in [-0.05, 0) is 51.5 Å². The van der Waals surface area contributed by atoms with Crippen molar-refractivity contribution >= 4 is 17.5 Å². The fourth-order valence-electron chi connectivity index (χ4n) is 3.19. The second-order valence-electron chi connectivity index (χ2n) is 6.92. The number of hydrogen-bond acceptors (Lipinski definition) is 4. The number of benzene rings is 1. The lowest BCUT2D eigenvalue weighted by molar-refractivity contribution is 0.0215. The van der Waals surface area contributed by atoms with Gasteiger partial charge in [0.05, 0.1) is 6.04 Å². The molecule has 2 aliphatic heterocycles. The quantitative estimate of drug-likeness (QED) is 0.807. The normalized spacial score (nSPS) is 24.5. The van der Waals surface area contributed by atoms with Crippen LogP contribution in [0, 0.1) is 0 Å². The number of rotatable bonds is 1. The monoisotopic (exact) mass is 289 g/mol. The summed E-state index contributed by atoms with van der Waals surface area (Å²) < 4.78 is 5.48. The molecular formula is C16H23N3O2. The fourth-order valence-corrected chi connectivity index (χ4v) is 3.19. The topological polar surface area (TPSA) is 58.8 Å². The van der Waals surface area contributed by atoms with Gasteiger partial charge in [-0.25, -0.2) is 4.79 Å². The third kappa shape index (κ3) is 2.77. The Bertz CT molecular complexity index is 535. The summed E-state index contributed by atoms with van der Waals surface area (Å²) in [7, 11) is 0. The van der Waals surface area contributed by atoms with Crippen LogP contribution in [0.25, 0.3) is 0 Å². The van der Waals surface area contributed by atoms with Crippen LogP contribution in [0.2, 0.25) is 0 Å². The van der Waals surface area contributed by atoms with E-state index in [1.807, 2.05) is 49.9 Å². The highest BCUT2D eigenvalue weighted by Gasteiger charge is 2.46. The van der Waals surface area contributed by atoms with Gasteiger partial charge in [0.15, 0.2) is 0 Å². The molecule has 2 fully saturated rings. The number of nitrogen functional groups attached to an aromatic ring is 1. The Morgan fingerprint density at radius 2 is 1.86 bits per heavy atom. The summed E-state index contributed by atoms with van der Waals surface area (Å²) in [6.07, 6.45) is 0.829. The second-order valence-corrected chi connectivity index (χ2v) is 6.92. The predicted octanol–water partition coefficient (Wildman–Crippen LogP) is 2.47. The number of carbonyl (C=O) groups is 1. The highest BCUT2D eigenvalue weighted by Crippen LogP contribution is 2.35. The molecule has 114 valence electrons. The molecule has 0 spiro atoms. The fraction of sp³-hybridized carbons (Fsp3) is 0.562. The molecule has 3 rings (SSSR count). The minimum absolute atomic E-state index is 0.188. The van der Waals surface area contributed by atoms with E-state index < -0.39 is 5.60 Å². The Morgan fingerprint density at radius 3 is 2.38 bits per heavy atom. The standard InChI is InChI=1S/C16H23N3O2/c1-16(2,3)21-15(20)19-10-13-8-14(19)9-18(13)12-6-4-11(17)5-7-12/h4-7,13-14H,8-10,17H2,1-3H3/t13-,14+/m0/s1. The van der Waals surface area contributed by atoms with Crippen LogP contribution < -0.4 is 10.6 Å². The number of fused-ring (bicyclic) bond motifs is 2. The van der Waals surface area contributed by atoms with E-state index in [2.05, 4.69) is 4.90 Å². The molecule has 2 heterocycles. The minimum atomic E-state index is -0.435. The first-order chi connectivity index (χ1) is 9.83. The first-order valence-electron chi connectivity index (χ1n) is 7.45. The Morgan fingerprint density at radius 1 is 1.19 bits per heavy atom. The molecule has 1 aromatic carbocycles. The van der Waals surface area contributed by atoms with Crippen molar-refractivity contribution in [1.82, 2.24) is 4.90 Å². The zero-order valence-corrected chi connectivity index (χ0v) is 12.9. The van der Waals surface area contributed by atoms with Crippen molar-refractivity contribution in [2.75, 3.05) is 23.7 Å². The number of amides is 1. The van der Waals surface area contributed by atoms with Crippen LogP contribution in [0.5, 0.6) is 0 Å². The van der Waals surface area contributed by atoms with Crippen LogP contribution in [0.4, 0.5) is 16.2 Å². The van der Waals surface area contributed by atoms with Crippen molar-refractivity contribution < 1.29 is 9.53 Å². The van der Waals surface area contributed by atoms with E-state index in [-0.39, 0.29) is 12.1 Å². The van der Waals surface area contributed by atoms with E-state index in [0.29, 0.717) is 6.04 Å². The molecule has 0 aromatic heterocycles. The van der Waals surface area contributed by atoms with Gasteiger partial charge in [0.1, 0.15) is 5.60 Å². The maximum absolute atomic E-state index is 12.2. The van der Waals surface area contributed by atoms with Gasteiger partial charge in [0.25, 0.3) is 0 Å². The average molecular weight is 289 g/mol. The molecule has 0 radical (unpaired) electrons. The molecule has 0 unspecified atom stereocenters. The van der Waals surface area contributed by atoms with E-state index in [1.165, 1.54) is 5.69 Å². The largest absolute Gasteiger partial charge is 0.444 e. The molecule has 2 bridgehead atoms. The van der Waals surface area contributed by atoms with E-state index in [0.717, 1.165) is 25.2 Å². The van der Waals surface area contributed by atoms with Gasteiger partial charge >= 0.3 is 6.09 Å². The third-order valence-electron chi connectivity index (χ3n) is 4.09. The van der Waals surface area contributed by atoms with Crippen LogP contribution >= 0.6 is 0 Å². The number of anilines is 2. The smallest absolute Gasteiger partial charge is 0.410 e. The van der Waals surface area contributed by atoms with Crippen LogP contribution in [0.15, 0.2) is 24.3 Å². The Kier molecular flexibility index (Phi) is 3.23. The second kappa shape index (κ2) is 4.83. The number of carbonyl (C=O) groups excluding carboxylic acids is 1. The molecule has 1 amide bonds.